The molecule has 1 atom stereocenters. The number of aryl methyl sites for hydroxylation is 2. The highest BCUT2D eigenvalue weighted by molar-refractivity contribution is 5.69. The summed E-state index contributed by atoms with van der Waals surface area (Å²) in [7, 11) is 5.58. The lowest BCUT2D eigenvalue weighted by molar-refractivity contribution is -0.150. The first-order valence-electron chi connectivity index (χ1n) is 9.69. The van der Waals surface area contributed by atoms with Gasteiger partial charge < -0.3 is 19.1 Å². The largest absolute Gasteiger partial charge is 0.497 e. The van der Waals surface area contributed by atoms with Gasteiger partial charge in [0.2, 0.25) is 0 Å². The van der Waals surface area contributed by atoms with Gasteiger partial charge in [-0.3, -0.25) is 4.79 Å². The fraction of sp³-hybridized carbons (Fsp3) is 0.435. The third-order valence-corrected chi connectivity index (χ3v) is 4.37. The molecule has 0 spiro atoms. The molecule has 5 nitrogen and oxygen atoms in total. The standard InChI is InChI=1S/C23H31NO4/c1-5-23(25)28-21(16-24(2)3)17-27-22-12-7-6-10-19(22)14-13-18-9-8-11-20(15-18)26-4/h6-12,15,21H,5,13-14,16-17H2,1-4H3/t21-/m0/s1. The Morgan fingerprint density at radius 3 is 2.57 bits per heavy atom. The monoisotopic (exact) mass is 385 g/mol. The van der Waals surface area contributed by atoms with Crippen LogP contribution in [0.15, 0.2) is 48.5 Å². The number of ether oxygens (including phenoxy) is 3. The highest BCUT2D eigenvalue weighted by atomic mass is 16.6. The molecule has 5 heteroatoms. The van der Waals surface area contributed by atoms with Crippen molar-refractivity contribution in [2.45, 2.75) is 32.3 Å². The minimum atomic E-state index is -0.297. The van der Waals surface area contributed by atoms with E-state index >= 15 is 0 Å². The van der Waals surface area contributed by atoms with Crippen LogP contribution in [0.25, 0.3) is 0 Å². The van der Waals surface area contributed by atoms with E-state index in [1.807, 2.05) is 49.3 Å². The first-order valence-corrected chi connectivity index (χ1v) is 9.69. The smallest absolute Gasteiger partial charge is 0.305 e. The molecule has 0 aromatic heterocycles. The summed E-state index contributed by atoms with van der Waals surface area (Å²) in [4.78, 5) is 13.7. The van der Waals surface area contributed by atoms with Gasteiger partial charge in [-0.05, 0) is 56.3 Å². The number of carbonyl (C=O) groups is 1. The maximum Gasteiger partial charge on any atom is 0.305 e. The molecule has 0 fully saturated rings. The van der Waals surface area contributed by atoms with Crippen LogP contribution in [0.5, 0.6) is 11.5 Å². The number of carbonyl (C=O) groups excluding carboxylic acids is 1. The van der Waals surface area contributed by atoms with E-state index in [9.17, 15) is 4.79 Å². The topological polar surface area (TPSA) is 48.0 Å². The van der Waals surface area contributed by atoms with E-state index in [2.05, 4.69) is 18.2 Å². The van der Waals surface area contributed by atoms with Crippen LogP contribution in [-0.4, -0.2) is 51.3 Å². The number of esters is 1. The van der Waals surface area contributed by atoms with E-state index < -0.39 is 0 Å². The Hall–Kier alpha value is -2.53. The zero-order valence-electron chi connectivity index (χ0n) is 17.3. The second kappa shape index (κ2) is 11.3. The Labute approximate surface area is 168 Å². The third-order valence-electron chi connectivity index (χ3n) is 4.37. The van der Waals surface area contributed by atoms with Crippen LogP contribution in [-0.2, 0) is 22.4 Å². The number of rotatable bonds is 11. The van der Waals surface area contributed by atoms with Gasteiger partial charge in [0.05, 0.1) is 7.11 Å². The van der Waals surface area contributed by atoms with Gasteiger partial charge in [-0.15, -0.1) is 0 Å². The fourth-order valence-electron chi connectivity index (χ4n) is 2.94. The van der Waals surface area contributed by atoms with Crippen LogP contribution in [0, 0.1) is 0 Å². The normalized spacial score (nSPS) is 11.9. The quantitative estimate of drug-likeness (QED) is 0.552. The molecule has 0 aliphatic carbocycles. The molecule has 2 rings (SSSR count). The van der Waals surface area contributed by atoms with Crippen LogP contribution in [0.2, 0.25) is 0 Å². The molecule has 0 N–H and O–H groups in total. The molecule has 0 saturated carbocycles. The van der Waals surface area contributed by atoms with Crippen molar-refractivity contribution >= 4 is 5.97 Å². The molecule has 0 unspecified atom stereocenters. The zero-order chi connectivity index (χ0) is 20.4. The lowest BCUT2D eigenvalue weighted by atomic mass is 10.0. The summed E-state index contributed by atoms with van der Waals surface area (Å²) >= 11 is 0. The zero-order valence-corrected chi connectivity index (χ0v) is 17.3. The second-order valence-corrected chi connectivity index (χ2v) is 7.00. The highest BCUT2D eigenvalue weighted by Crippen LogP contribution is 2.22. The average Bonchev–Trinajstić information content (AvgIpc) is 2.70. The lowest BCUT2D eigenvalue weighted by Gasteiger charge is -2.22. The maximum atomic E-state index is 11.7. The number of nitrogens with zero attached hydrogens (tertiary/aromatic N) is 1. The highest BCUT2D eigenvalue weighted by Gasteiger charge is 2.16. The van der Waals surface area contributed by atoms with Crippen molar-refractivity contribution in [2.24, 2.45) is 0 Å². The molecule has 0 saturated heterocycles. The van der Waals surface area contributed by atoms with Gasteiger partial charge in [-0.1, -0.05) is 37.3 Å². The van der Waals surface area contributed by atoms with Crippen molar-refractivity contribution in [1.29, 1.82) is 0 Å². The van der Waals surface area contributed by atoms with Crippen LogP contribution < -0.4 is 9.47 Å². The summed E-state index contributed by atoms with van der Waals surface area (Å²) < 4.78 is 16.9. The Morgan fingerprint density at radius 1 is 1.07 bits per heavy atom. The van der Waals surface area contributed by atoms with Crippen LogP contribution >= 0.6 is 0 Å². The predicted molar refractivity (Wildman–Crippen MR) is 111 cm³/mol. The molecule has 0 aliphatic heterocycles. The van der Waals surface area contributed by atoms with Crippen molar-refractivity contribution in [3.8, 4) is 11.5 Å². The molecule has 0 radical (unpaired) electrons. The Morgan fingerprint density at radius 2 is 1.86 bits per heavy atom. The van der Waals surface area contributed by atoms with Gasteiger partial charge in [-0.2, -0.15) is 0 Å². The first kappa shape index (κ1) is 21.8. The minimum Gasteiger partial charge on any atom is -0.497 e. The SMILES string of the molecule is CCC(=O)O[C@H](COc1ccccc1CCc1cccc(OC)c1)CN(C)C. The Kier molecular flexibility index (Phi) is 8.82. The Balaban J connectivity index is 2.00. The summed E-state index contributed by atoms with van der Waals surface area (Å²) in [5, 5.41) is 0. The lowest BCUT2D eigenvalue weighted by Crippen LogP contribution is -2.35. The second-order valence-electron chi connectivity index (χ2n) is 7.00. The van der Waals surface area contributed by atoms with Crippen molar-refractivity contribution in [3.63, 3.8) is 0 Å². The third kappa shape index (κ3) is 7.24. The minimum absolute atomic E-state index is 0.207. The molecular formula is C23H31NO4. The molecule has 2 aromatic carbocycles. The predicted octanol–water partition coefficient (Wildman–Crippen LogP) is 3.74. The number of likely N-dealkylation sites (N-methyl/N-ethyl adjacent to an activating group) is 1. The van der Waals surface area contributed by atoms with E-state index in [1.54, 1.807) is 14.0 Å². The van der Waals surface area contributed by atoms with E-state index in [1.165, 1.54) is 5.56 Å². The number of para-hydroxylation sites is 1. The van der Waals surface area contributed by atoms with Gasteiger partial charge >= 0.3 is 5.97 Å². The van der Waals surface area contributed by atoms with Crippen molar-refractivity contribution in [3.05, 3.63) is 59.7 Å². The molecule has 152 valence electrons. The average molecular weight is 386 g/mol. The fourth-order valence-corrected chi connectivity index (χ4v) is 2.94. The van der Waals surface area contributed by atoms with Gasteiger partial charge in [0.15, 0.2) is 0 Å². The summed E-state index contributed by atoms with van der Waals surface area (Å²) in [5.74, 6) is 1.50. The molecule has 2 aromatic rings. The maximum absolute atomic E-state index is 11.7. The van der Waals surface area contributed by atoms with Gasteiger partial charge in [0, 0.05) is 13.0 Å². The van der Waals surface area contributed by atoms with Crippen molar-refractivity contribution in [2.75, 3.05) is 34.4 Å². The number of methoxy groups -OCH3 is 1. The van der Waals surface area contributed by atoms with E-state index in [0.717, 1.165) is 29.9 Å². The van der Waals surface area contributed by atoms with Crippen molar-refractivity contribution < 1.29 is 19.0 Å². The summed E-state index contributed by atoms with van der Waals surface area (Å²) in [6.07, 6.45) is 1.81. The van der Waals surface area contributed by atoms with E-state index in [4.69, 9.17) is 14.2 Å². The van der Waals surface area contributed by atoms with Crippen molar-refractivity contribution in [1.82, 2.24) is 4.90 Å². The van der Waals surface area contributed by atoms with E-state index in [-0.39, 0.29) is 12.1 Å². The van der Waals surface area contributed by atoms with E-state index in [0.29, 0.717) is 19.6 Å². The number of hydrogen-bond acceptors (Lipinski definition) is 5. The summed E-state index contributed by atoms with van der Waals surface area (Å²) in [5.41, 5.74) is 2.35. The summed E-state index contributed by atoms with van der Waals surface area (Å²) in [6.45, 7) is 2.75. The molecule has 28 heavy (non-hydrogen) atoms. The molecule has 0 bridgehead atoms. The van der Waals surface area contributed by atoms with Crippen LogP contribution in [0.4, 0.5) is 0 Å². The molecular weight excluding hydrogens is 354 g/mol. The number of benzene rings is 2. The molecule has 0 aliphatic rings. The first-order chi connectivity index (χ1) is 13.5. The summed E-state index contributed by atoms with van der Waals surface area (Å²) in [6, 6.07) is 16.1. The van der Waals surface area contributed by atoms with Gasteiger partial charge in [0.25, 0.3) is 0 Å². The van der Waals surface area contributed by atoms with Gasteiger partial charge in [0.1, 0.15) is 24.2 Å². The van der Waals surface area contributed by atoms with Gasteiger partial charge in [-0.25, -0.2) is 0 Å². The molecule has 0 heterocycles. The number of hydrogen-bond donors (Lipinski definition) is 0. The Bertz CT molecular complexity index is 745. The van der Waals surface area contributed by atoms with Crippen LogP contribution in [0.3, 0.4) is 0 Å². The van der Waals surface area contributed by atoms with Crippen LogP contribution in [0.1, 0.15) is 24.5 Å². The molecule has 0 amide bonds.